The molecule has 1 aliphatic rings. The van der Waals surface area contributed by atoms with Crippen LogP contribution in [0.15, 0.2) is 35.0 Å². The first-order valence-corrected chi connectivity index (χ1v) is 9.21. The summed E-state index contributed by atoms with van der Waals surface area (Å²) in [5, 5.41) is 5.87. The summed E-state index contributed by atoms with van der Waals surface area (Å²) in [4.78, 5) is 27.8. The van der Waals surface area contributed by atoms with E-state index in [0.717, 1.165) is 0 Å². The predicted molar refractivity (Wildman–Crippen MR) is 106 cm³/mol. The Balaban J connectivity index is 2.21. The molecule has 140 valence electrons. The number of nitrogens with zero attached hydrogens (tertiary/aromatic N) is 1. The fraction of sp³-hybridized carbons (Fsp3) is 0.353. The summed E-state index contributed by atoms with van der Waals surface area (Å²) < 4.78 is 0. The number of ketones is 1. The molecule has 0 saturated heterocycles. The van der Waals surface area contributed by atoms with Crippen molar-refractivity contribution in [2.24, 2.45) is 11.1 Å². The number of oxime groups is 1. The molecule has 0 bridgehead atoms. The number of nitrogens with one attached hydrogen (secondary N) is 1. The first-order chi connectivity index (χ1) is 12.0. The summed E-state index contributed by atoms with van der Waals surface area (Å²) in [6.45, 7) is 5.23. The van der Waals surface area contributed by atoms with Crippen LogP contribution in [0.4, 0.5) is 10.5 Å². The highest BCUT2D eigenvalue weighted by Gasteiger charge is 2.45. The maximum absolute atomic E-state index is 12.3. The second-order valence-corrected chi connectivity index (χ2v) is 8.23. The number of amides is 1. The van der Waals surface area contributed by atoms with Crippen LogP contribution in [-0.2, 0) is 9.63 Å². The number of Topliss-reactive ketones (excluding diaryl/α,β-unsaturated/α-hetero) is 1. The number of carbonyl (C=O) groups is 2. The molecular weight excluding hydrogens is 422 g/mol. The van der Waals surface area contributed by atoms with Gasteiger partial charge in [0.05, 0.1) is 10.7 Å². The Morgan fingerprint density at radius 3 is 2.58 bits per heavy atom. The van der Waals surface area contributed by atoms with Crippen molar-refractivity contribution < 1.29 is 14.4 Å². The van der Waals surface area contributed by atoms with Gasteiger partial charge >= 0.3 is 6.09 Å². The van der Waals surface area contributed by atoms with Gasteiger partial charge in [-0.3, -0.25) is 14.9 Å². The fourth-order valence-electron chi connectivity index (χ4n) is 2.26. The van der Waals surface area contributed by atoms with Crippen molar-refractivity contribution in [2.45, 2.75) is 31.0 Å². The predicted octanol–water partition coefficient (Wildman–Crippen LogP) is 5.67. The van der Waals surface area contributed by atoms with Crippen LogP contribution >= 0.6 is 46.4 Å². The number of rotatable bonds is 3. The van der Waals surface area contributed by atoms with E-state index >= 15 is 0 Å². The van der Waals surface area contributed by atoms with E-state index in [1.54, 1.807) is 6.07 Å². The number of hydrogen-bond donors (Lipinski definition) is 1. The van der Waals surface area contributed by atoms with Crippen LogP contribution in [-0.4, -0.2) is 27.8 Å². The molecule has 0 unspecified atom stereocenters. The lowest BCUT2D eigenvalue weighted by Crippen LogP contribution is -2.47. The zero-order valence-electron chi connectivity index (χ0n) is 14.1. The van der Waals surface area contributed by atoms with Gasteiger partial charge < -0.3 is 0 Å². The maximum Gasteiger partial charge on any atom is 0.437 e. The van der Waals surface area contributed by atoms with E-state index in [0.29, 0.717) is 16.3 Å². The highest BCUT2D eigenvalue weighted by molar-refractivity contribution is 6.51. The van der Waals surface area contributed by atoms with Gasteiger partial charge in [-0.05, 0) is 37.1 Å². The molecule has 1 aliphatic carbocycles. The lowest BCUT2D eigenvalue weighted by atomic mass is 9.82. The van der Waals surface area contributed by atoms with E-state index in [2.05, 4.69) is 10.5 Å². The van der Waals surface area contributed by atoms with Crippen LogP contribution in [0.1, 0.15) is 20.8 Å². The van der Waals surface area contributed by atoms with Gasteiger partial charge in [-0.15, -0.1) is 23.2 Å². The van der Waals surface area contributed by atoms with E-state index in [-0.39, 0.29) is 22.4 Å². The largest absolute Gasteiger partial charge is 0.437 e. The Hall–Kier alpha value is -1.27. The average molecular weight is 438 g/mol. The van der Waals surface area contributed by atoms with Crippen molar-refractivity contribution in [3.8, 4) is 0 Å². The third-order valence-electron chi connectivity index (χ3n) is 3.80. The third kappa shape index (κ3) is 4.52. The van der Waals surface area contributed by atoms with E-state index in [4.69, 9.17) is 51.2 Å². The normalized spacial score (nSPS) is 24.6. The Kier molecular flexibility index (Phi) is 6.61. The Morgan fingerprint density at radius 1 is 1.35 bits per heavy atom. The molecule has 0 fully saturated rings. The Morgan fingerprint density at radius 2 is 2.00 bits per heavy atom. The van der Waals surface area contributed by atoms with Crippen molar-refractivity contribution in [3.05, 3.63) is 39.9 Å². The standard InChI is InChI=1S/C17H16Cl4N2O3/c1-8(2)10-7-13(17(3,21)15(20)14(10)24)23-26-16(25)22-12-5-4-9(18)6-11(12)19/h4-8,15H,1-3H3,(H,22,25)/b23-13-/t15-,17-/m1/s1. The van der Waals surface area contributed by atoms with E-state index in [9.17, 15) is 9.59 Å². The molecular formula is C17H16Cl4N2O3. The molecule has 1 aromatic carbocycles. The van der Waals surface area contributed by atoms with E-state index < -0.39 is 16.3 Å². The second kappa shape index (κ2) is 8.17. The second-order valence-electron chi connectivity index (χ2n) is 6.16. The van der Waals surface area contributed by atoms with Gasteiger partial charge in [-0.2, -0.15) is 0 Å². The van der Waals surface area contributed by atoms with E-state index in [1.165, 1.54) is 25.1 Å². The van der Waals surface area contributed by atoms with Crippen LogP contribution < -0.4 is 5.32 Å². The first-order valence-electron chi connectivity index (χ1n) is 7.64. The monoisotopic (exact) mass is 436 g/mol. The summed E-state index contributed by atoms with van der Waals surface area (Å²) in [7, 11) is 0. The van der Waals surface area contributed by atoms with Crippen LogP contribution in [0.5, 0.6) is 0 Å². The maximum atomic E-state index is 12.3. The van der Waals surface area contributed by atoms with Gasteiger partial charge in [-0.1, -0.05) is 42.2 Å². The summed E-state index contributed by atoms with van der Waals surface area (Å²) >= 11 is 24.3. The molecule has 0 saturated carbocycles. The molecule has 2 atom stereocenters. The quantitative estimate of drug-likeness (QED) is 0.376. The molecule has 0 aliphatic heterocycles. The lowest BCUT2D eigenvalue weighted by Gasteiger charge is -2.32. The third-order valence-corrected chi connectivity index (χ3v) is 5.51. The van der Waals surface area contributed by atoms with E-state index in [1.807, 2.05) is 13.8 Å². The topological polar surface area (TPSA) is 67.8 Å². The Labute approximate surface area is 171 Å². The van der Waals surface area contributed by atoms with Crippen molar-refractivity contribution in [2.75, 3.05) is 5.32 Å². The van der Waals surface area contributed by atoms with Gasteiger partial charge in [-0.25, -0.2) is 4.79 Å². The summed E-state index contributed by atoms with van der Waals surface area (Å²) in [5.41, 5.74) is 0.953. The molecule has 26 heavy (non-hydrogen) atoms. The summed E-state index contributed by atoms with van der Waals surface area (Å²) in [6, 6.07) is 4.56. The molecule has 9 heteroatoms. The molecule has 1 amide bonds. The minimum absolute atomic E-state index is 0.0802. The van der Waals surface area contributed by atoms with Crippen molar-refractivity contribution in [3.63, 3.8) is 0 Å². The minimum Gasteiger partial charge on any atom is -0.297 e. The zero-order chi connectivity index (χ0) is 19.6. The fourth-order valence-corrected chi connectivity index (χ4v) is 3.14. The van der Waals surface area contributed by atoms with Gasteiger partial charge in [0.1, 0.15) is 16.0 Å². The minimum atomic E-state index is -1.31. The molecule has 2 rings (SSSR count). The van der Waals surface area contributed by atoms with Crippen LogP contribution in [0.2, 0.25) is 10.0 Å². The summed E-state index contributed by atoms with van der Waals surface area (Å²) in [6.07, 6.45) is 0.623. The first kappa shape index (κ1) is 21.0. The number of hydrogen-bond acceptors (Lipinski definition) is 4. The molecule has 1 N–H and O–H groups in total. The average Bonchev–Trinajstić information content (AvgIpc) is 2.54. The van der Waals surface area contributed by atoms with Crippen LogP contribution in [0.3, 0.4) is 0 Å². The van der Waals surface area contributed by atoms with Crippen LogP contribution in [0.25, 0.3) is 0 Å². The highest BCUT2D eigenvalue weighted by atomic mass is 35.5. The van der Waals surface area contributed by atoms with Crippen LogP contribution in [0, 0.1) is 5.92 Å². The number of alkyl halides is 2. The van der Waals surface area contributed by atoms with Crippen molar-refractivity contribution >= 4 is 69.7 Å². The van der Waals surface area contributed by atoms with Gasteiger partial charge in [0.25, 0.3) is 0 Å². The number of anilines is 1. The Bertz CT molecular complexity index is 803. The summed E-state index contributed by atoms with van der Waals surface area (Å²) in [5.74, 6) is -0.348. The highest BCUT2D eigenvalue weighted by Crippen LogP contribution is 2.35. The molecule has 5 nitrogen and oxygen atoms in total. The van der Waals surface area contributed by atoms with Gasteiger partial charge in [0.2, 0.25) is 0 Å². The zero-order valence-corrected chi connectivity index (χ0v) is 17.2. The molecule has 0 heterocycles. The van der Waals surface area contributed by atoms with Gasteiger partial charge in [0, 0.05) is 10.6 Å². The van der Waals surface area contributed by atoms with Crippen molar-refractivity contribution in [1.82, 2.24) is 0 Å². The van der Waals surface area contributed by atoms with Crippen molar-refractivity contribution in [1.29, 1.82) is 0 Å². The molecule has 0 spiro atoms. The molecule has 0 radical (unpaired) electrons. The number of halogens is 4. The van der Waals surface area contributed by atoms with Gasteiger partial charge in [0.15, 0.2) is 5.78 Å². The smallest absolute Gasteiger partial charge is 0.297 e. The molecule has 0 aromatic heterocycles. The number of benzene rings is 1. The number of carbonyl (C=O) groups excluding carboxylic acids is 2. The SMILES string of the molecule is CC(C)C1=C/C(=N/OC(=O)Nc2ccc(Cl)cc2Cl)[C@@](C)(Cl)[C@H](Cl)C1=O. The number of allylic oxidation sites excluding steroid dienone is 2. The molecule has 1 aromatic rings. The lowest BCUT2D eigenvalue weighted by molar-refractivity contribution is -0.116.